The predicted molar refractivity (Wildman–Crippen MR) is 135 cm³/mol. The van der Waals surface area contributed by atoms with Crippen molar-refractivity contribution in [3.63, 3.8) is 0 Å². The molecule has 2 heterocycles. The summed E-state index contributed by atoms with van der Waals surface area (Å²) in [7, 11) is 0. The Morgan fingerprint density at radius 2 is 1.94 bits per heavy atom. The lowest BCUT2D eigenvalue weighted by Gasteiger charge is -2.10. The Labute approximate surface area is 199 Å². The maximum absolute atomic E-state index is 13.1. The number of hydrazone groups is 1. The van der Waals surface area contributed by atoms with Crippen molar-refractivity contribution in [1.82, 2.24) is 20.2 Å². The number of aromatic nitrogens is 3. The van der Waals surface area contributed by atoms with Gasteiger partial charge in [0, 0.05) is 29.3 Å². The molecule has 0 saturated heterocycles. The van der Waals surface area contributed by atoms with Crippen molar-refractivity contribution in [2.24, 2.45) is 5.10 Å². The SMILES string of the molecule is CCCCOc1ccc(-c2cc(C(=O)N/N=C/c3cn(CC)nc3C)c3ccccc3n2)cc1. The van der Waals surface area contributed by atoms with Gasteiger partial charge >= 0.3 is 0 Å². The number of nitrogens with one attached hydrogen (secondary N) is 1. The first-order valence-corrected chi connectivity index (χ1v) is 11.6. The second kappa shape index (κ2) is 10.7. The van der Waals surface area contributed by atoms with Crippen LogP contribution in [0.5, 0.6) is 5.75 Å². The number of rotatable bonds is 9. The maximum atomic E-state index is 13.1. The molecule has 0 radical (unpaired) electrons. The largest absolute Gasteiger partial charge is 0.494 e. The molecule has 1 N–H and O–H groups in total. The molecular formula is C27H29N5O2. The molecular weight excluding hydrogens is 426 g/mol. The first-order chi connectivity index (χ1) is 16.6. The van der Waals surface area contributed by atoms with Gasteiger partial charge < -0.3 is 4.74 Å². The number of carbonyl (C=O) groups excluding carboxylic acids is 1. The molecule has 0 spiro atoms. The van der Waals surface area contributed by atoms with Crippen LogP contribution >= 0.6 is 0 Å². The molecule has 4 rings (SSSR count). The predicted octanol–water partition coefficient (Wildman–Crippen LogP) is 5.37. The maximum Gasteiger partial charge on any atom is 0.272 e. The summed E-state index contributed by atoms with van der Waals surface area (Å²) in [6.07, 6.45) is 5.64. The molecule has 7 nitrogen and oxygen atoms in total. The van der Waals surface area contributed by atoms with Gasteiger partial charge in [0.25, 0.3) is 5.91 Å². The van der Waals surface area contributed by atoms with E-state index in [0.717, 1.165) is 52.9 Å². The molecule has 2 aromatic carbocycles. The molecule has 0 aliphatic heterocycles. The highest BCUT2D eigenvalue weighted by atomic mass is 16.5. The molecule has 174 valence electrons. The van der Waals surface area contributed by atoms with Crippen molar-refractivity contribution in [1.29, 1.82) is 0 Å². The van der Waals surface area contributed by atoms with Gasteiger partial charge in [-0.2, -0.15) is 10.2 Å². The van der Waals surface area contributed by atoms with Crippen molar-refractivity contribution < 1.29 is 9.53 Å². The first kappa shape index (κ1) is 23.2. The van der Waals surface area contributed by atoms with Crippen LogP contribution in [0.4, 0.5) is 0 Å². The number of para-hydroxylation sites is 1. The first-order valence-electron chi connectivity index (χ1n) is 11.6. The van der Waals surface area contributed by atoms with Crippen LogP contribution in [0.1, 0.15) is 48.3 Å². The van der Waals surface area contributed by atoms with Crippen LogP contribution in [0, 0.1) is 6.92 Å². The van der Waals surface area contributed by atoms with Gasteiger partial charge in [0.15, 0.2) is 0 Å². The fourth-order valence-electron chi connectivity index (χ4n) is 3.61. The lowest BCUT2D eigenvalue weighted by Crippen LogP contribution is -2.18. The van der Waals surface area contributed by atoms with E-state index in [4.69, 9.17) is 9.72 Å². The highest BCUT2D eigenvalue weighted by Gasteiger charge is 2.14. The normalized spacial score (nSPS) is 11.3. The molecule has 0 atom stereocenters. The summed E-state index contributed by atoms with van der Waals surface area (Å²) in [4.78, 5) is 17.9. The lowest BCUT2D eigenvalue weighted by atomic mass is 10.0. The Hall–Kier alpha value is -4.00. The average Bonchev–Trinajstić information content (AvgIpc) is 3.23. The molecule has 1 amide bonds. The number of hydrogen-bond acceptors (Lipinski definition) is 5. The highest BCUT2D eigenvalue weighted by molar-refractivity contribution is 6.07. The summed E-state index contributed by atoms with van der Waals surface area (Å²) in [6, 6.07) is 17.2. The molecule has 2 aromatic heterocycles. The van der Waals surface area contributed by atoms with Crippen molar-refractivity contribution in [3.05, 3.63) is 77.6 Å². The molecule has 4 aromatic rings. The smallest absolute Gasteiger partial charge is 0.272 e. The summed E-state index contributed by atoms with van der Waals surface area (Å²) in [5, 5.41) is 9.33. The van der Waals surface area contributed by atoms with Crippen molar-refractivity contribution in [2.75, 3.05) is 6.61 Å². The fourth-order valence-corrected chi connectivity index (χ4v) is 3.61. The van der Waals surface area contributed by atoms with Crippen LogP contribution < -0.4 is 10.2 Å². The van der Waals surface area contributed by atoms with E-state index < -0.39 is 0 Å². The Bertz CT molecular complexity index is 1310. The topological polar surface area (TPSA) is 81.4 Å². The number of ether oxygens (including phenoxy) is 1. The summed E-state index contributed by atoms with van der Waals surface area (Å²) >= 11 is 0. The number of pyridine rings is 1. The van der Waals surface area contributed by atoms with Crippen molar-refractivity contribution in [3.8, 4) is 17.0 Å². The standard InChI is InChI=1S/C27H29N5O2/c1-4-6-15-34-22-13-11-20(12-14-22)26-16-24(23-9-7-8-10-25(23)29-26)27(33)30-28-17-21-18-32(5-2)31-19(21)3/h7-14,16-18H,4-6,15H2,1-3H3,(H,30,33)/b28-17+. The molecule has 0 saturated carbocycles. The van der Waals surface area contributed by atoms with E-state index in [-0.39, 0.29) is 5.91 Å². The average molecular weight is 456 g/mol. The third kappa shape index (κ3) is 5.31. The second-order valence-corrected chi connectivity index (χ2v) is 8.02. The summed E-state index contributed by atoms with van der Waals surface area (Å²) in [5.41, 5.74) is 7.27. The van der Waals surface area contributed by atoms with Gasteiger partial charge in [0.1, 0.15) is 5.75 Å². The van der Waals surface area contributed by atoms with Gasteiger partial charge in [0.2, 0.25) is 0 Å². The zero-order valence-corrected chi connectivity index (χ0v) is 19.8. The van der Waals surface area contributed by atoms with E-state index in [0.29, 0.717) is 17.9 Å². The Morgan fingerprint density at radius 1 is 1.15 bits per heavy atom. The molecule has 7 heteroatoms. The van der Waals surface area contributed by atoms with E-state index >= 15 is 0 Å². The van der Waals surface area contributed by atoms with E-state index in [1.54, 1.807) is 12.3 Å². The third-order valence-electron chi connectivity index (χ3n) is 5.56. The summed E-state index contributed by atoms with van der Waals surface area (Å²) in [5.74, 6) is 0.531. The van der Waals surface area contributed by atoms with Crippen LogP contribution in [0.25, 0.3) is 22.2 Å². The van der Waals surface area contributed by atoms with Crippen LogP contribution in [0.2, 0.25) is 0 Å². The fraction of sp³-hybridized carbons (Fsp3) is 0.259. The van der Waals surface area contributed by atoms with Gasteiger partial charge in [-0.15, -0.1) is 0 Å². The van der Waals surface area contributed by atoms with Crippen molar-refractivity contribution >= 4 is 23.0 Å². The van der Waals surface area contributed by atoms with Gasteiger partial charge in [-0.25, -0.2) is 10.4 Å². The number of benzene rings is 2. The number of carbonyl (C=O) groups is 1. The zero-order valence-electron chi connectivity index (χ0n) is 19.8. The van der Waals surface area contributed by atoms with Gasteiger partial charge in [-0.3, -0.25) is 9.48 Å². The van der Waals surface area contributed by atoms with Crippen LogP contribution in [-0.2, 0) is 6.54 Å². The minimum atomic E-state index is -0.295. The Morgan fingerprint density at radius 3 is 2.68 bits per heavy atom. The number of amides is 1. The highest BCUT2D eigenvalue weighted by Crippen LogP contribution is 2.26. The van der Waals surface area contributed by atoms with Crippen LogP contribution in [-0.4, -0.2) is 33.5 Å². The quantitative estimate of drug-likeness (QED) is 0.209. The Kier molecular flexibility index (Phi) is 7.32. The summed E-state index contributed by atoms with van der Waals surface area (Å²) in [6.45, 7) is 7.55. The van der Waals surface area contributed by atoms with E-state index in [2.05, 4.69) is 22.5 Å². The molecule has 0 aliphatic carbocycles. The van der Waals surface area contributed by atoms with E-state index in [1.165, 1.54) is 0 Å². The summed E-state index contributed by atoms with van der Waals surface area (Å²) < 4.78 is 7.60. The van der Waals surface area contributed by atoms with Crippen LogP contribution in [0.3, 0.4) is 0 Å². The molecule has 34 heavy (non-hydrogen) atoms. The molecule has 0 bridgehead atoms. The monoisotopic (exact) mass is 455 g/mol. The molecule has 0 fully saturated rings. The van der Waals surface area contributed by atoms with Crippen LogP contribution in [0.15, 0.2) is 65.9 Å². The van der Waals surface area contributed by atoms with Crippen molar-refractivity contribution in [2.45, 2.75) is 40.2 Å². The Balaban J connectivity index is 1.59. The van der Waals surface area contributed by atoms with E-state index in [1.807, 2.05) is 73.3 Å². The number of aryl methyl sites for hydroxylation is 2. The number of unbranched alkanes of at least 4 members (excludes halogenated alkanes) is 1. The van der Waals surface area contributed by atoms with Gasteiger partial charge in [0.05, 0.1) is 35.3 Å². The molecule has 0 aliphatic rings. The minimum Gasteiger partial charge on any atom is -0.494 e. The number of nitrogens with zero attached hydrogens (tertiary/aromatic N) is 4. The lowest BCUT2D eigenvalue weighted by molar-refractivity contribution is 0.0956. The number of fused-ring (bicyclic) bond motifs is 1. The zero-order chi connectivity index (χ0) is 23.9. The van der Waals surface area contributed by atoms with E-state index in [9.17, 15) is 4.79 Å². The molecule has 0 unspecified atom stereocenters. The third-order valence-corrected chi connectivity index (χ3v) is 5.56. The van der Waals surface area contributed by atoms with Gasteiger partial charge in [-0.1, -0.05) is 31.5 Å². The number of hydrogen-bond donors (Lipinski definition) is 1. The van der Waals surface area contributed by atoms with Gasteiger partial charge in [-0.05, 0) is 56.7 Å². The second-order valence-electron chi connectivity index (χ2n) is 8.02. The minimum absolute atomic E-state index is 0.295.